The Balaban J connectivity index is 0.00000392. The lowest BCUT2D eigenvalue weighted by Crippen LogP contribution is -2.48. The molecule has 2 N–H and O–H groups in total. The van der Waals surface area contributed by atoms with Crippen LogP contribution in [-0.4, -0.2) is 71.7 Å². The maximum Gasteiger partial charge on any atom is 0.407 e. The Hall–Kier alpha value is -1.56. The number of rotatable bonds is 5. The third-order valence-electron chi connectivity index (χ3n) is 3.84. The number of halogens is 1. The molecule has 1 unspecified atom stereocenters. The third-order valence-corrected chi connectivity index (χ3v) is 3.84. The molecule has 1 fully saturated rings. The number of hydrogen-bond donors (Lipinski definition) is 2. The third kappa shape index (κ3) is 8.21. The monoisotopic (exact) mass is 508 g/mol. The van der Waals surface area contributed by atoms with Crippen LogP contribution in [0.25, 0.3) is 0 Å². The molecule has 1 aromatic heterocycles. The molecule has 10 heteroatoms. The number of carbonyl (C=O) groups is 1. The molecule has 2 heterocycles. The van der Waals surface area contributed by atoms with Gasteiger partial charge in [-0.15, -0.1) is 24.0 Å². The maximum absolute atomic E-state index is 11.7. The fraction of sp³-hybridized carbons (Fsp3) is 0.722. The number of amides is 1. The van der Waals surface area contributed by atoms with Gasteiger partial charge < -0.3 is 25.0 Å². The number of aryl methyl sites for hydroxylation is 1. The van der Waals surface area contributed by atoms with Crippen LogP contribution in [0.4, 0.5) is 4.79 Å². The average molecular weight is 508 g/mol. The second-order valence-electron chi connectivity index (χ2n) is 7.42. The first-order valence-electron chi connectivity index (χ1n) is 9.38. The fourth-order valence-corrected chi connectivity index (χ4v) is 2.71. The Kier molecular flexibility index (Phi) is 10.0. The zero-order valence-electron chi connectivity index (χ0n) is 17.4. The van der Waals surface area contributed by atoms with Crippen LogP contribution >= 0.6 is 24.0 Å². The van der Waals surface area contributed by atoms with Crippen LogP contribution < -0.4 is 10.6 Å². The van der Waals surface area contributed by atoms with Crippen LogP contribution in [0.5, 0.6) is 0 Å². The highest BCUT2D eigenvalue weighted by Gasteiger charge is 2.25. The highest BCUT2D eigenvalue weighted by molar-refractivity contribution is 14.0. The van der Waals surface area contributed by atoms with Crippen LogP contribution in [0.2, 0.25) is 0 Å². The summed E-state index contributed by atoms with van der Waals surface area (Å²) >= 11 is 0. The summed E-state index contributed by atoms with van der Waals surface area (Å²) in [5.74, 6) is 0.820. The van der Waals surface area contributed by atoms with E-state index in [-0.39, 0.29) is 30.1 Å². The molecular weight excluding hydrogens is 475 g/mol. The Morgan fingerprint density at radius 3 is 2.79 bits per heavy atom. The van der Waals surface area contributed by atoms with Gasteiger partial charge in [-0.05, 0) is 27.7 Å². The summed E-state index contributed by atoms with van der Waals surface area (Å²) in [6.07, 6.45) is 3.35. The summed E-state index contributed by atoms with van der Waals surface area (Å²) < 4.78 is 12.9. The molecule has 160 valence electrons. The zero-order chi connectivity index (χ0) is 19.9. The number of aliphatic imine (C=N–C) groups is 1. The van der Waals surface area contributed by atoms with Crippen LogP contribution in [0.1, 0.15) is 39.4 Å². The van der Waals surface area contributed by atoms with Crippen molar-refractivity contribution in [1.29, 1.82) is 0 Å². The van der Waals surface area contributed by atoms with Gasteiger partial charge in [-0.25, -0.2) is 4.79 Å². The average Bonchev–Trinajstić information content (AvgIpc) is 3.03. The molecule has 1 aliphatic heterocycles. The van der Waals surface area contributed by atoms with E-state index in [1.165, 1.54) is 0 Å². The van der Waals surface area contributed by atoms with Gasteiger partial charge in [0.2, 0.25) is 0 Å². The summed E-state index contributed by atoms with van der Waals surface area (Å²) in [5.41, 5.74) is 0.557. The quantitative estimate of drug-likeness (QED) is 0.273. The lowest BCUT2D eigenvalue weighted by Gasteiger charge is -2.34. The summed E-state index contributed by atoms with van der Waals surface area (Å²) in [4.78, 5) is 18.5. The van der Waals surface area contributed by atoms with Crippen molar-refractivity contribution in [3.63, 3.8) is 0 Å². The first-order chi connectivity index (χ1) is 12.8. The van der Waals surface area contributed by atoms with Gasteiger partial charge in [0.05, 0.1) is 25.9 Å². The van der Waals surface area contributed by atoms with E-state index in [0.29, 0.717) is 26.2 Å². The van der Waals surface area contributed by atoms with Crippen LogP contribution in [0, 0.1) is 0 Å². The van der Waals surface area contributed by atoms with Crippen molar-refractivity contribution in [2.75, 3.05) is 39.3 Å². The predicted molar refractivity (Wildman–Crippen MR) is 119 cm³/mol. The van der Waals surface area contributed by atoms with Gasteiger partial charge >= 0.3 is 6.09 Å². The highest BCUT2D eigenvalue weighted by atomic mass is 127. The van der Waals surface area contributed by atoms with Crippen molar-refractivity contribution in [1.82, 2.24) is 25.3 Å². The van der Waals surface area contributed by atoms with Crippen LogP contribution in [0.3, 0.4) is 0 Å². The first-order valence-corrected chi connectivity index (χ1v) is 9.38. The van der Waals surface area contributed by atoms with Gasteiger partial charge in [0.15, 0.2) is 5.96 Å². The molecule has 0 spiro atoms. The van der Waals surface area contributed by atoms with Gasteiger partial charge in [0.25, 0.3) is 0 Å². The molecule has 0 bridgehead atoms. The molecule has 0 aromatic carbocycles. The van der Waals surface area contributed by atoms with E-state index in [9.17, 15) is 4.79 Å². The number of morpholine rings is 1. The number of carbonyl (C=O) groups excluding carboxylic acids is 1. The second-order valence-corrected chi connectivity index (χ2v) is 7.42. The van der Waals surface area contributed by atoms with Crippen LogP contribution in [0.15, 0.2) is 17.4 Å². The first kappa shape index (κ1) is 24.5. The predicted octanol–water partition coefficient (Wildman–Crippen LogP) is 1.90. The lowest BCUT2D eigenvalue weighted by molar-refractivity contribution is -0.00803. The number of ether oxygens (including phenoxy) is 2. The maximum atomic E-state index is 11.7. The number of hydrogen-bond acceptors (Lipinski definition) is 5. The standard InChI is InChI=1S/C18H32N6O3.HI/c1-6-19-16(20-7-8-21-17(25)27-18(2,3)4)24-9-10-26-15(13-24)14-11-22-23(5)12-14;/h11-12,15H,6-10,13H2,1-5H3,(H,19,20)(H,21,25);1H. The Morgan fingerprint density at radius 2 is 2.18 bits per heavy atom. The largest absolute Gasteiger partial charge is 0.444 e. The van der Waals surface area contributed by atoms with E-state index < -0.39 is 11.7 Å². The topological polar surface area (TPSA) is 93.0 Å². The molecule has 0 saturated carbocycles. The molecule has 1 amide bonds. The van der Waals surface area contributed by atoms with E-state index in [4.69, 9.17) is 9.47 Å². The van der Waals surface area contributed by atoms with Gasteiger partial charge in [0, 0.05) is 38.4 Å². The molecule has 1 saturated heterocycles. The number of nitrogens with zero attached hydrogens (tertiary/aromatic N) is 4. The normalized spacial score (nSPS) is 17.7. The zero-order valence-corrected chi connectivity index (χ0v) is 19.7. The van der Waals surface area contributed by atoms with Gasteiger partial charge in [-0.3, -0.25) is 9.67 Å². The minimum Gasteiger partial charge on any atom is -0.444 e. The fourth-order valence-electron chi connectivity index (χ4n) is 2.71. The summed E-state index contributed by atoms with van der Waals surface area (Å²) in [5, 5.41) is 10.3. The molecule has 1 atom stereocenters. The Labute approximate surface area is 184 Å². The molecule has 28 heavy (non-hydrogen) atoms. The number of aromatic nitrogens is 2. The number of guanidine groups is 1. The number of nitrogens with one attached hydrogen (secondary N) is 2. The van der Waals surface area contributed by atoms with E-state index in [1.807, 2.05) is 47.1 Å². The Bertz CT molecular complexity index is 644. The molecule has 9 nitrogen and oxygen atoms in total. The van der Waals surface area contributed by atoms with Crippen molar-refractivity contribution in [2.24, 2.45) is 12.0 Å². The summed E-state index contributed by atoms with van der Waals surface area (Å²) in [6.45, 7) is 11.3. The molecule has 1 aromatic rings. The van der Waals surface area contributed by atoms with Gasteiger partial charge in [0.1, 0.15) is 11.7 Å². The smallest absolute Gasteiger partial charge is 0.407 e. The van der Waals surface area contributed by atoms with E-state index >= 15 is 0 Å². The molecule has 1 aliphatic rings. The van der Waals surface area contributed by atoms with Crippen molar-refractivity contribution < 1.29 is 14.3 Å². The lowest BCUT2D eigenvalue weighted by atomic mass is 10.1. The van der Waals surface area contributed by atoms with Crippen molar-refractivity contribution >= 4 is 36.0 Å². The van der Waals surface area contributed by atoms with Crippen molar-refractivity contribution in [3.8, 4) is 0 Å². The van der Waals surface area contributed by atoms with E-state index in [0.717, 1.165) is 24.6 Å². The SMILES string of the molecule is CCNC(=NCCNC(=O)OC(C)(C)C)N1CCOC(c2cnn(C)c2)C1.I. The van der Waals surface area contributed by atoms with Gasteiger partial charge in [-0.2, -0.15) is 5.10 Å². The molecule has 0 radical (unpaired) electrons. The molecule has 0 aliphatic carbocycles. The molecule has 2 rings (SSSR count). The van der Waals surface area contributed by atoms with E-state index in [2.05, 4.69) is 25.6 Å². The van der Waals surface area contributed by atoms with E-state index in [1.54, 1.807) is 4.68 Å². The summed E-state index contributed by atoms with van der Waals surface area (Å²) in [7, 11) is 1.90. The minimum absolute atomic E-state index is 0. The second kappa shape index (κ2) is 11.4. The van der Waals surface area contributed by atoms with Crippen molar-refractivity contribution in [2.45, 2.75) is 39.4 Å². The van der Waals surface area contributed by atoms with Crippen LogP contribution in [-0.2, 0) is 16.5 Å². The number of alkyl carbamates (subject to hydrolysis) is 1. The molecular formula is C18H33IN6O3. The Morgan fingerprint density at radius 1 is 1.43 bits per heavy atom. The minimum atomic E-state index is -0.503. The highest BCUT2D eigenvalue weighted by Crippen LogP contribution is 2.21. The summed E-state index contributed by atoms with van der Waals surface area (Å²) in [6, 6.07) is 0. The van der Waals surface area contributed by atoms with Crippen molar-refractivity contribution in [3.05, 3.63) is 18.0 Å². The van der Waals surface area contributed by atoms with Gasteiger partial charge in [-0.1, -0.05) is 0 Å².